The van der Waals surface area contributed by atoms with Crippen molar-refractivity contribution in [1.29, 1.82) is 0 Å². The van der Waals surface area contributed by atoms with Gasteiger partial charge in [0.25, 0.3) is 0 Å². The van der Waals surface area contributed by atoms with Crippen molar-refractivity contribution in [3.63, 3.8) is 0 Å². The molecule has 0 saturated carbocycles. The van der Waals surface area contributed by atoms with Gasteiger partial charge in [-0.2, -0.15) is 0 Å². The largest absolute Gasteiger partial charge is 0.381 e. The van der Waals surface area contributed by atoms with Crippen LogP contribution in [0.5, 0.6) is 0 Å². The van der Waals surface area contributed by atoms with E-state index in [1.54, 1.807) is 19.0 Å². The molecule has 0 aromatic carbocycles. The molecular formula is C16H27N3O5S. The minimum absolute atomic E-state index is 0.000713. The third-order valence-electron chi connectivity index (χ3n) is 5.48. The van der Waals surface area contributed by atoms with Crippen molar-refractivity contribution in [2.24, 2.45) is 5.92 Å². The van der Waals surface area contributed by atoms with Crippen molar-refractivity contribution in [1.82, 2.24) is 14.7 Å². The van der Waals surface area contributed by atoms with Crippen molar-refractivity contribution >= 4 is 21.7 Å². The van der Waals surface area contributed by atoms with E-state index < -0.39 is 9.84 Å². The van der Waals surface area contributed by atoms with Gasteiger partial charge in [0.05, 0.1) is 24.1 Å². The Hall–Kier alpha value is -1.19. The van der Waals surface area contributed by atoms with Crippen LogP contribution < -0.4 is 0 Å². The SMILES string of the molecule is CN(C)C(=O)CN1CCN(C(=O)C2CCOCC2)[C@H]2CS(=O)(=O)C[C@H]21. The summed E-state index contributed by atoms with van der Waals surface area (Å²) in [7, 11) is 0.181. The first-order chi connectivity index (χ1) is 11.8. The molecule has 3 aliphatic heterocycles. The van der Waals surface area contributed by atoms with E-state index in [0.29, 0.717) is 39.1 Å². The zero-order valence-electron chi connectivity index (χ0n) is 14.9. The summed E-state index contributed by atoms with van der Waals surface area (Å²) in [5.41, 5.74) is 0. The molecule has 8 nitrogen and oxygen atoms in total. The molecule has 3 rings (SSSR count). The Morgan fingerprint density at radius 1 is 1.08 bits per heavy atom. The topological polar surface area (TPSA) is 87.2 Å². The molecule has 3 aliphatic rings. The average molecular weight is 373 g/mol. The maximum absolute atomic E-state index is 12.9. The van der Waals surface area contributed by atoms with Crippen LogP contribution >= 0.6 is 0 Å². The molecule has 3 fully saturated rings. The van der Waals surface area contributed by atoms with Crippen LogP contribution in [0.1, 0.15) is 12.8 Å². The van der Waals surface area contributed by atoms with Gasteiger partial charge in [0.15, 0.2) is 9.84 Å². The number of nitrogens with zero attached hydrogens (tertiary/aromatic N) is 3. The molecule has 0 aliphatic carbocycles. The molecule has 3 heterocycles. The Morgan fingerprint density at radius 2 is 1.72 bits per heavy atom. The van der Waals surface area contributed by atoms with E-state index >= 15 is 0 Å². The normalized spacial score (nSPS) is 30.1. The standard InChI is InChI=1S/C16H27N3O5S/c1-17(2)15(20)9-18-5-6-19(14-11-25(22,23)10-13(14)18)16(21)12-3-7-24-8-4-12/h12-14H,3-11H2,1-2H3/t13-,14+/m1/s1. The molecule has 0 unspecified atom stereocenters. The minimum atomic E-state index is -3.20. The maximum atomic E-state index is 12.9. The molecule has 3 saturated heterocycles. The third-order valence-corrected chi connectivity index (χ3v) is 7.18. The fourth-order valence-electron chi connectivity index (χ4n) is 3.99. The van der Waals surface area contributed by atoms with E-state index in [9.17, 15) is 18.0 Å². The summed E-state index contributed by atoms with van der Waals surface area (Å²) < 4.78 is 29.8. The van der Waals surface area contributed by atoms with Gasteiger partial charge in [-0.1, -0.05) is 0 Å². The van der Waals surface area contributed by atoms with Crippen LogP contribution in [0.3, 0.4) is 0 Å². The second-order valence-electron chi connectivity index (χ2n) is 7.39. The van der Waals surface area contributed by atoms with Gasteiger partial charge in [-0.3, -0.25) is 14.5 Å². The maximum Gasteiger partial charge on any atom is 0.236 e. The summed E-state index contributed by atoms with van der Waals surface area (Å²) in [5, 5.41) is 0. The monoisotopic (exact) mass is 373 g/mol. The summed E-state index contributed by atoms with van der Waals surface area (Å²) in [6.07, 6.45) is 1.39. The van der Waals surface area contributed by atoms with Crippen molar-refractivity contribution in [2.75, 3.05) is 58.4 Å². The summed E-state index contributed by atoms with van der Waals surface area (Å²) in [5.74, 6) is -0.0521. The highest BCUT2D eigenvalue weighted by molar-refractivity contribution is 7.91. The van der Waals surface area contributed by atoms with Crippen molar-refractivity contribution < 1.29 is 22.7 Å². The molecule has 0 spiro atoms. The lowest BCUT2D eigenvalue weighted by Crippen LogP contribution is -2.62. The number of ether oxygens (including phenoxy) is 1. The predicted octanol–water partition coefficient (Wildman–Crippen LogP) is -1.19. The average Bonchev–Trinajstić information content (AvgIpc) is 2.90. The van der Waals surface area contributed by atoms with Crippen LogP contribution in [-0.2, 0) is 24.2 Å². The fraction of sp³-hybridized carbons (Fsp3) is 0.875. The molecule has 9 heteroatoms. The number of hydrogen-bond acceptors (Lipinski definition) is 6. The number of fused-ring (bicyclic) bond motifs is 1. The minimum Gasteiger partial charge on any atom is -0.381 e. The number of amides is 2. The zero-order valence-corrected chi connectivity index (χ0v) is 15.7. The molecule has 0 aromatic heterocycles. The van der Waals surface area contributed by atoms with Crippen molar-refractivity contribution in [3.8, 4) is 0 Å². The van der Waals surface area contributed by atoms with Crippen LogP contribution in [0.2, 0.25) is 0 Å². The van der Waals surface area contributed by atoms with E-state index in [1.807, 2.05) is 4.90 Å². The molecule has 2 atom stereocenters. The first kappa shape index (κ1) is 18.6. The summed E-state index contributed by atoms with van der Waals surface area (Å²) in [6.45, 7) is 2.38. The highest BCUT2D eigenvalue weighted by Crippen LogP contribution is 2.29. The van der Waals surface area contributed by atoms with Crippen LogP contribution in [0, 0.1) is 5.92 Å². The molecular weight excluding hydrogens is 346 g/mol. The number of rotatable bonds is 3. The summed E-state index contributed by atoms with van der Waals surface area (Å²) >= 11 is 0. The van der Waals surface area contributed by atoms with Gasteiger partial charge in [-0.05, 0) is 12.8 Å². The van der Waals surface area contributed by atoms with Gasteiger partial charge in [-0.25, -0.2) is 8.42 Å². The molecule has 142 valence electrons. The Bertz CT molecular complexity index is 630. The number of hydrogen-bond donors (Lipinski definition) is 0. The zero-order chi connectivity index (χ0) is 18.2. The van der Waals surface area contributed by atoms with Crippen LogP contribution in [0.25, 0.3) is 0 Å². The van der Waals surface area contributed by atoms with Gasteiger partial charge < -0.3 is 14.5 Å². The number of piperazine rings is 1. The highest BCUT2D eigenvalue weighted by atomic mass is 32.2. The van der Waals surface area contributed by atoms with E-state index in [0.717, 1.165) is 0 Å². The highest BCUT2D eigenvalue weighted by Gasteiger charge is 2.49. The van der Waals surface area contributed by atoms with Crippen molar-refractivity contribution in [2.45, 2.75) is 24.9 Å². The first-order valence-electron chi connectivity index (χ1n) is 8.81. The van der Waals surface area contributed by atoms with E-state index in [-0.39, 0.29) is 47.9 Å². The Balaban J connectivity index is 1.76. The lowest BCUT2D eigenvalue weighted by Gasteiger charge is -2.45. The van der Waals surface area contributed by atoms with Gasteiger partial charge in [0.2, 0.25) is 11.8 Å². The van der Waals surface area contributed by atoms with Crippen LogP contribution in [-0.4, -0.2) is 105 Å². The second kappa shape index (κ2) is 7.20. The van der Waals surface area contributed by atoms with Gasteiger partial charge in [-0.15, -0.1) is 0 Å². The van der Waals surface area contributed by atoms with E-state index in [4.69, 9.17) is 4.74 Å². The van der Waals surface area contributed by atoms with E-state index in [2.05, 4.69) is 0 Å². The smallest absolute Gasteiger partial charge is 0.236 e. The molecule has 0 N–H and O–H groups in total. The molecule has 0 aromatic rings. The number of carbonyl (C=O) groups is 2. The Labute approximate surface area is 149 Å². The number of sulfone groups is 1. The Morgan fingerprint density at radius 3 is 2.36 bits per heavy atom. The van der Waals surface area contributed by atoms with Crippen LogP contribution in [0.15, 0.2) is 0 Å². The lowest BCUT2D eigenvalue weighted by atomic mass is 9.95. The predicted molar refractivity (Wildman–Crippen MR) is 91.8 cm³/mol. The quantitative estimate of drug-likeness (QED) is 0.618. The molecule has 2 amide bonds. The van der Waals surface area contributed by atoms with Gasteiger partial charge >= 0.3 is 0 Å². The molecule has 0 radical (unpaired) electrons. The number of carbonyl (C=O) groups excluding carboxylic acids is 2. The third kappa shape index (κ3) is 3.98. The van der Waals surface area contributed by atoms with Crippen LogP contribution in [0.4, 0.5) is 0 Å². The van der Waals surface area contributed by atoms with Crippen molar-refractivity contribution in [3.05, 3.63) is 0 Å². The Kier molecular flexibility index (Phi) is 5.36. The fourth-order valence-corrected chi connectivity index (χ4v) is 6.00. The first-order valence-corrected chi connectivity index (χ1v) is 10.6. The molecule has 0 bridgehead atoms. The van der Waals surface area contributed by atoms with Gasteiger partial charge in [0, 0.05) is 52.4 Å². The summed E-state index contributed by atoms with van der Waals surface area (Å²) in [4.78, 5) is 30.2. The van der Waals surface area contributed by atoms with Gasteiger partial charge in [0.1, 0.15) is 0 Å². The lowest BCUT2D eigenvalue weighted by molar-refractivity contribution is -0.145. The van der Waals surface area contributed by atoms with E-state index in [1.165, 1.54) is 4.90 Å². The second-order valence-corrected chi connectivity index (χ2v) is 9.54. The summed E-state index contributed by atoms with van der Waals surface area (Å²) in [6, 6.07) is -0.629. The molecule has 25 heavy (non-hydrogen) atoms. The number of likely N-dealkylation sites (N-methyl/N-ethyl adjacent to an activating group) is 1.